The molecule has 0 bridgehead atoms. The lowest BCUT2D eigenvalue weighted by Gasteiger charge is -2.27. The predicted molar refractivity (Wildman–Crippen MR) is 83.8 cm³/mol. The molecule has 1 heterocycles. The largest absolute Gasteiger partial charge is 0.371 e. The molecule has 0 unspecified atom stereocenters. The van der Waals surface area contributed by atoms with Crippen LogP contribution >= 0.6 is 0 Å². The summed E-state index contributed by atoms with van der Waals surface area (Å²) >= 11 is 0. The highest BCUT2D eigenvalue weighted by Gasteiger charge is 2.11. The molecule has 1 aromatic rings. The molecule has 3 heteroatoms. The Hall–Kier alpha value is -1.09. The molecule has 0 amide bonds. The fourth-order valence-electron chi connectivity index (χ4n) is 2.25. The van der Waals surface area contributed by atoms with E-state index in [2.05, 4.69) is 42.0 Å². The summed E-state index contributed by atoms with van der Waals surface area (Å²) < 4.78 is 0. The van der Waals surface area contributed by atoms with Crippen molar-refractivity contribution in [2.45, 2.75) is 53.0 Å². The molecular weight excluding hydrogens is 234 g/mol. The summed E-state index contributed by atoms with van der Waals surface area (Å²) in [5.41, 5.74) is 3.77. The summed E-state index contributed by atoms with van der Waals surface area (Å²) in [5.74, 6) is 0. The van der Waals surface area contributed by atoms with Crippen LogP contribution in [0.4, 0.5) is 5.69 Å². The fraction of sp³-hybridized carbons (Fsp3) is 0.688. The van der Waals surface area contributed by atoms with Gasteiger partial charge in [0.2, 0.25) is 0 Å². The number of rotatable bonds is 9. The normalized spacial score (nSPS) is 10.7. The molecule has 0 aliphatic heterocycles. The van der Waals surface area contributed by atoms with E-state index in [1.807, 2.05) is 13.2 Å². The molecular formula is C16H29N3. The number of nitrogens with one attached hydrogen (secondary N) is 1. The van der Waals surface area contributed by atoms with E-state index in [9.17, 15) is 0 Å². The number of anilines is 1. The van der Waals surface area contributed by atoms with Gasteiger partial charge in [-0.25, -0.2) is 0 Å². The lowest BCUT2D eigenvalue weighted by atomic mass is 10.1. The zero-order chi connectivity index (χ0) is 14.1. The molecule has 3 nitrogen and oxygen atoms in total. The Morgan fingerprint density at radius 3 is 2.32 bits per heavy atom. The smallest absolute Gasteiger partial charge is 0.0445 e. The summed E-state index contributed by atoms with van der Waals surface area (Å²) in [6, 6.07) is 2.23. The minimum Gasteiger partial charge on any atom is -0.371 e. The minimum atomic E-state index is 0.886. The third-order valence-corrected chi connectivity index (χ3v) is 3.37. The van der Waals surface area contributed by atoms with Gasteiger partial charge in [0.25, 0.3) is 0 Å². The molecule has 0 fully saturated rings. The molecule has 1 aromatic heterocycles. The van der Waals surface area contributed by atoms with Gasteiger partial charge in [0.05, 0.1) is 0 Å². The van der Waals surface area contributed by atoms with Crippen molar-refractivity contribution in [2.24, 2.45) is 0 Å². The van der Waals surface area contributed by atoms with Crippen molar-refractivity contribution in [1.29, 1.82) is 0 Å². The van der Waals surface area contributed by atoms with E-state index in [1.54, 1.807) is 0 Å². The maximum Gasteiger partial charge on any atom is 0.0445 e. The van der Waals surface area contributed by atoms with Crippen LogP contribution in [-0.2, 0) is 6.54 Å². The Morgan fingerprint density at radius 1 is 1.16 bits per heavy atom. The molecule has 1 rings (SSSR count). The van der Waals surface area contributed by atoms with Crippen molar-refractivity contribution < 1.29 is 0 Å². The Kier molecular flexibility index (Phi) is 7.49. The van der Waals surface area contributed by atoms with Crippen molar-refractivity contribution in [3.8, 4) is 0 Å². The Balaban J connectivity index is 2.93. The monoisotopic (exact) mass is 263 g/mol. The molecule has 108 valence electrons. The first kappa shape index (κ1) is 16.0. The van der Waals surface area contributed by atoms with Crippen LogP contribution in [0.2, 0.25) is 0 Å². The standard InChI is InChI=1S/C16H29N3/c1-5-7-9-19(10-8-6-2)16-11-14(3)18-13-15(16)12-17-4/h11,13,17H,5-10,12H2,1-4H3. The highest BCUT2D eigenvalue weighted by molar-refractivity contribution is 5.53. The van der Waals surface area contributed by atoms with E-state index >= 15 is 0 Å². The van der Waals surface area contributed by atoms with Crippen LogP contribution in [0.15, 0.2) is 12.3 Å². The van der Waals surface area contributed by atoms with Crippen LogP contribution in [-0.4, -0.2) is 25.1 Å². The fourth-order valence-corrected chi connectivity index (χ4v) is 2.25. The van der Waals surface area contributed by atoms with Crippen molar-refractivity contribution >= 4 is 5.69 Å². The molecule has 19 heavy (non-hydrogen) atoms. The Bertz CT molecular complexity index is 355. The van der Waals surface area contributed by atoms with E-state index in [-0.39, 0.29) is 0 Å². The van der Waals surface area contributed by atoms with Crippen LogP contribution in [0.1, 0.15) is 50.8 Å². The zero-order valence-corrected chi connectivity index (χ0v) is 13.0. The molecule has 1 N–H and O–H groups in total. The van der Waals surface area contributed by atoms with Gasteiger partial charge in [-0.3, -0.25) is 4.98 Å². The Morgan fingerprint density at radius 2 is 1.79 bits per heavy atom. The summed E-state index contributed by atoms with van der Waals surface area (Å²) in [6.45, 7) is 9.77. The molecule has 0 aromatic carbocycles. The zero-order valence-electron chi connectivity index (χ0n) is 13.0. The van der Waals surface area contributed by atoms with Gasteiger partial charge in [-0.15, -0.1) is 0 Å². The van der Waals surface area contributed by atoms with Gasteiger partial charge < -0.3 is 10.2 Å². The van der Waals surface area contributed by atoms with Crippen LogP contribution in [0.25, 0.3) is 0 Å². The van der Waals surface area contributed by atoms with Crippen LogP contribution in [0, 0.1) is 6.92 Å². The number of hydrogen-bond acceptors (Lipinski definition) is 3. The van der Waals surface area contributed by atoms with Gasteiger partial charge in [0, 0.05) is 42.8 Å². The Labute approximate surface area is 118 Å². The highest BCUT2D eigenvalue weighted by Crippen LogP contribution is 2.22. The number of hydrogen-bond donors (Lipinski definition) is 1. The van der Waals surface area contributed by atoms with Gasteiger partial charge in [-0.1, -0.05) is 26.7 Å². The van der Waals surface area contributed by atoms with Crippen LogP contribution in [0.3, 0.4) is 0 Å². The van der Waals surface area contributed by atoms with E-state index in [4.69, 9.17) is 0 Å². The third kappa shape index (κ3) is 5.19. The van der Waals surface area contributed by atoms with Crippen molar-refractivity contribution in [2.75, 3.05) is 25.0 Å². The molecule has 0 saturated carbocycles. The number of unbranched alkanes of at least 4 members (excludes halogenated alkanes) is 2. The van der Waals surface area contributed by atoms with Crippen molar-refractivity contribution in [3.05, 3.63) is 23.5 Å². The van der Waals surface area contributed by atoms with Gasteiger partial charge in [0.15, 0.2) is 0 Å². The average Bonchev–Trinajstić information content (AvgIpc) is 2.41. The second-order valence-electron chi connectivity index (χ2n) is 5.18. The first-order valence-corrected chi connectivity index (χ1v) is 7.58. The molecule has 0 aliphatic rings. The minimum absolute atomic E-state index is 0.886. The SMILES string of the molecule is CCCCN(CCCC)c1cc(C)ncc1CNC. The predicted octanol–water partition coefficient (Wildman–Crippen LogP) is 3.52. The summed E-state index contributed by atoms with van der Waals surface area (Å²) in [5, 5.41) is 3.24. The molecule has 0 radical (unpaired) electrons. The maximum absolute atomic E-state index is 4.43. The van der Waals surface area contributed by atoms with E-state index in [1.165, 1.54) is 36.9 Å². The number of nitrogens with zero attached hydrogens (tertiary/aromatic N) is 2. The van der Waals surface area contributed by atoms with Crippen LogP contribution in [0.5, 0.6) is 0 Å². The average molecular weight is 263 g/mol. The lowest BCUT2D eigenvalue weighted by molar-refractivity contribution is 0.671. The first-order chi connectivity index (χ1) is 9.22. The van der Waals surface area contributed by atoms with E-state index in [0.717, 1.165) is 25.3 Å². The van der Waals surface area contributed by atoms with Crippen LogP contribution < -0.4 is 10.2 Å². The second-order valence-corrected chi connectivity index (χ2v) is 5.18. The maximum atomic E-state index is 4.43. The van der Waals surface area contributed by atoms with E-state index in [0.29, 0.717) is 0 Å². The summed E-state index contributed by atoms with van der Waals surface area (Å²) in [4.78, 5) is 6.97. The van der Waals surface area contributed by atoms with Crippen molar-refractivity contribution in [1.82, 2.24) is 10.3 Å². The lowest BCUT2D eigenvalue weighted by Crippen LogP contribution is -2.27. The summed E-state index contributed by atoms with van der Waals surface area (Å²) in [7, 11) is 1.99. The molecule has 0 spiro atoms. The van der Waals surface area contributed by atoms with Gasteiger partial charge in [0.1, 0.15) is 0 Å². The first-order valence-electron chi connectivity index (χ1n) is 7.58. The third-order valence-electron chi connectivity index (χ3n) is 3.37. The van der Waals surface area contributed by atoms with E-state index < -0.39 is 0 Å². The van der Waals surface area contributed by atoms with Gasteiger partial charge in [-0.2, -0.15) is 0 Å². The molecule has 0 saturated heterocycles. The molecule has 0 aliphatic carbocycles. The summed E-state index contributed by atoms with van der Waals surface area (Å²) in [6.07, 6.45) is 7.02. The molecule has 0 atom stereocenters. The second kappa shape index (κ2) is 8.92. The van der Waals surface area contributed by atoms with Gasteiger partial charge >= 0.3 is 0 Å². The van der Waals surface area contributed by atoms with Gasteiger partial charge in [-0.05, 0) is 32.9 Å². The number of aromatic nitrogens is 1. The highest BCUT2D eigenvalue weighted by atomic mass is 15.1. The quantitative estimate of drug-likeness (QED) is 0.739. The topological polar surface area (TPSA) is 28.2 Å². The number of pyridine rings is 1. The van der Waals surface area contributed by atoms with Crippen molar-refractivity contribution in [3.63, 3.8) is 0 Å². The number of aryl methyl sites for hydroxylation is 1.